The van der Waals surface area contributed by atoms with Crippen molar-refractivity contribution in [3.63, 3.8) is 0 Å². The lowest BCUT2D eigenvalue weighted by Crippen LogP contribution is -2.18. The third-order valence-electron chi connectivity index (χ3n) is 3.61. The molecule has 1 atom stereocenters. The number of hydrogen-bond acceptors (Lipinski definition) is 2. The predicted octanol–water partition coefficient (Wildman–Crippen LogP) is 2.52. The molecule has 2 aromatic heterocycles. The standard InChI is InChI=1S/C14H17N3/c1-10-9-16-7-5-13(10)17-8-6-11-12(15)3-2-4-14(11)17/h5-9,12H,2-4,15H2,1H3. The van der Waals surface area contributed by atoms with E-state index in [1.165, 1.54) is 28.9 Å². The van der Waals surface area contributed by atoms with E-state index in [0.29, 0.717) is 0 Å². The van der Waals surface area contributed by atoms with Crippen LogP contribution in [0, 0.1) is 6.92 Å². The van der Waals surface area contributed by atoms with Gasteiger partial charge >= 0.3 is 0 Å². The molecule has 2 aromatic rings. The van der Waals surface area contributed by atoms with Gasteiger partial charge in [-0.3, -0.25) is 4.98 Å². The zero-order valence-electron chi connectivity index (χ0n) is 10.1. The number of aryl methyl sites for hydroxylation is 1. The van der Waals surface area contributed by atoms with E-state index in [4.69, 9.17) is 5.73 Å². The highest BCUT2D eigenvalue weighted by molar-refractivity contribution is 5.43. The highest BCUT2D eigenvalue weighted by Gasteiger charge is 2.20. The van der Waals surface area contributed by atoms with Gasteiger partial charge in [-0.25, -0.2) is 0 Å². The zero-order chi connectivity index (χ0) is 11.8. The summed E-state index contributed by atoms with van der Waals surface area (Å²) in [7, 11) is 0. The molecule has 2 N–H and O–H groups in total. The van der Waals surface area contributed by atoms with Crippen LogP contribution in [0.4, 0.5) is 0 Å². The van der Waals surface area contributed by atoms with Gasteiger partial charge in [-0.05, 0) is 49.4 Å². The SMILES string of the molecule is Cc1cnccc1-n1ccc2c1CCCC2N. The summed E-state index contributed by atoms with van der Waals surface area (Å²) in [4.78, 5) is 4.14. The highest BCUT2D eigenvalue weighted by atomic mass is 15.0. The summed E-state index contributed by atoms with van der Waals surface area (Å²) in [6.07, 6.45) is 9.30. The van der Waals surface area contributed by atoms with Crippen molar-refractivity contribution in [1.82, 2.24) is 9.55 Å². The minimum absolute atomic E-state index is 0.210. The van der Waals surface area contributed by atoms with Crippen molar-refractivity contribution in [1.29, 1.82) is 0 Å². The van der Waals surface area contributed by atoms with Crippen LogP contribution in [-0.4, -0.2) is 9.55 Å². The number of fused-ring (bicyclic) bond motifs is 1. The summed E-state index contributed by atoms with van der Waals surface area (Å²) >= 11 is 0. The van der Waals surface area contributed by atoms with E-state index in [9.17, 15) is 0 Å². The van der Waals surface area contributed by atoms with Crippen molar-refractivity contribution in [3.8, 4) is 5.69 Å². The summed E-state index contributed by atoms with van der Waals surface area (Å²) in [6, 6.07) is 4.44. The van der Waals surface area contributed by atoms with Crippen LogP contribution in [-0.2, 0) is 6.42 Å². The third kappa shape index (κ3) is 1.67. The van der Waals surface area contributed by atoms with E-state index >= 15 is 0 Å². The second-order valence-electron chi connectivity index (χ2n) is 4.75. The van der Waals surface area contributed by atoms with Crippen molar-refractivity contribution in [3.05, 3.63) is 47.5 Å². The number of pyridine rings is 1. The van der Waals surface area contributed by atoms with Crippen LogP contribution in [0.15, 0.2) is 30.7 Å². The minimum Gasteiger partial charge on any atom is -0.324 e. The average Bonchev–Trinajstić information content (AvgIpc) is 2.75. The second kappa shape index (κ2) is 4.00. The average molecular weight is 227 g/mol. The van der Waals surface area contributed by atoms with Gasteiger partial charge in [0.15, 0.2) is 0 Å². The van der Waals surface area contributed by atoms with E-state index in [2.05, 4.69) is 34.8 Å². The Morgan fingerprint density at radius 1 is 1.41 bits per heavy atom. The summed E-state index contributed by atoms with van der Waals surface area (Å²) < 4.78 is 2.27. The molecule has 17 heavy (non-hydrogen) atoms. The lowest BCUT2D eigenvalue weighted by Gasteiger charge is -2.21. The molecule has 0 spiro atoms. The maximum Gasteiger partial charge on any atom is 0.0512 e. The molecule has 0 aliphatic heterocycles. The first kappa shape index (κ1) is 10.5. The molecule has 0 bridgehead atoms. The Balaban J connectivity index is 2.14. The first-order valence-electron chi connectivity index (χ1n) is 6.14. The lowest BCUT2D eigenvalue weighted by atomic mass is 9.93. The number of nitrogens with zero attached hydrogens (tertiary/aromatic N) is 2. The molecule has 0 saturated carbocycles. The molecule has 0 amide bonds. The van der Waals surface area contributed by atoms with Gasteiger partial charge in [0, 0.05) is 30.3 Å². The Morgan fingerprint density at radius 3 is 3.12 bits per heavy atom. The molecule has 2 heterocycles. The quantitative estimate of drug-likeness (QED) is 0.813. The number of nitrogens with two attached hydrogens (primary N) is 1. The third-order valence-corrected chi connectivity index (χ3v) is 3.61. The molecule has 0 radical (unpaired) electrons. The molecule has 3 heteroatoms. The Hall–Kier alpha value is -1.61. The molecule has 0 fully saturated rings. The van der Waals surface area contributed by atoms with Gasteiger partial charge in [0.1, 0.15) is 0 Å². The van der Waals surface area contributed by atoms with Crippen LogP contribution in [0.1, 0.15) is 35.7 Å². The van der Waals surface area contributed by atoms with Gasteiger partial charge in [0.05, 0.1) is 5.69 Å². The van der Waals surface area contributed by atoms with E-state index < -0.39 is 0 Å². The Bertz CT molecular complexity index is 542. The fourth-order valence-electron chi connectivity index (χ4n) is 2.69. The number of hydrogen-bond donors (Lipinski definition) is 1. The van der Waals surface area contributed by atoms with Gasteiger partial charge < -0.3 is 10.3 Å². The maximum absolute atomic E-state index is 6.15. The Morgan fingerprint density at radius 2 is 2.29 bits per heavy atom. The molecule has 0 aromatic carbocycles. The van der Waals surface area contributed by atoms with Gasteiger partial charge in [-0.2, -0.15) is 0 Å². The number of rotatable bonds is 1. The van der Waals surface area contributed by atoms with Crippen LogP contribution in [0.5, 0.6) is 0 Å². The van der Waals surface area contributed by atoms with Gasteiger partial charge in [-0.1, -0.05) is 0 Å². The van der Waals surface area contributed by atoms with Gasteiger partial charge in [0.2, 0.25) is 0 Å². The second-order valence-corrected chi connectivity index (χ2v) is 4.75. The monoisotopic (exact) mass is 227 g/mol. The Labute approximate surface area is 101 Å². The topological polar surface area (TPSA) is 43.8 Å². The van der Waals surface area contributed by atoms with E-state index in [-0.39, 0.29) is 6.04 Å². The van der Waals surface area contributed by atoms with Gasteiger partial charge in [-0.15, -0.1) is 0 Å². The fraction of sp³-hybridized carbons (Fsp3) is 0.357. The maximum atomic E-state index is 6.15. The van der Waals surface area contributed by atoms with Crippen LogP contribution >= 0.6 is 0 Å². The molecule has 3 rings (SSSR count). The van der Waals surface area contributed by atoms with Gasteiger partial charge in [0.25, 0.3) is 0 Å². The molecule has 1 aliphatic rings. The van der Waals surface area contributed by atoms with Crippen LogP contribution < -0.4 is 5.73 Å². The van der Waals surface area contributed by atoms with Crippen LogP contribution in [0.3, 0.4) is 0 Å². The molecule has 1 unspecified atom stereocenters. The molecular weight excluding hydrogens is 210 g/mol. The summed E-state index contributed by atoms with van der Waals surface area (Å²) in [6.45, 7) is 2.09. The summed E-state index contributed by atoms with van der Waals surface area (Å²) in [5, 5.41) is 0. The van der Waals surface area contributed by atoms with Crippen LogP contribution in [0.25, 0.3) is 5.69 Å². The number of aromatic nitrogens is 2. The molecule has 1 aliphatic carbocycles. The molecule has 0 saturated heterocycles. The largest absolute Gasteiger partial charge is 0.324 e. The molecule has 3 nitrogen and oxygen atoms in total. The van der Waals surface area contributed by atoms with E-state index in [1.807, 2.05) is 12.4 Å². The smallest absolute Gasteiger partial charge is 0.0512 e. The predicted molar refractivity (Wildman–Crippen MR) is 68.2 cm³/mol. The lowest BCUT2D eigenvalue weighted by molar-refractivity contribution is 0.560. The molecular formula is C14H17N3. The van der Waals surface area contributed by atoms with E-state index in [1.54, 1.807) is 0 Å². The summed E-state index contributed by atoms with van der Waals surface area (Å²) in [5.41, 5.74) is 11.3. The minimum atomic E-state index is 0.210. The first-order chi connectivity index (χ1) is 8.27. The van der Waals surface area contributed by atoms with Crippen molar-refractivity contribution in [2.75, 3.05) is 0 Å². The van der Waals surface area contributed by atoms with Crippen molar-refractivity contribution < 1.29 is 0 Å². The fourth-order valence-corrected chi connectivity index (χ4v) is 2.69. The van der Waals surface area contributed by atoms with Crippen molar-refractivity contribution in [2.45, 2.75) is 32.2 Å². The molecule has 88 valence electrons. The Kier molecular flexibility index (Phi) is 2.48. The summed E-state index contributed by atoms with van der Waals surface area (Å²) in [5.74, 6) is 0. The normalized spacial score (nSPS) is 19.1. The highest BCUT2D eigenvalue weighted by Crippen LogP contribution is 2.31. The van der Waals surface area contributed by atoms with Crippen molar-refractivity contribution in [2.24, 2.45) is 5.73 Å². The zero-order valence-corrected chi connectivity index (χ0v) is 10.1. The van der Waals surface area contributed by atoms with E-state index in [0.717, 1.165) is 12.8 Å². The van der Waals surface area contributed by atoms with Crippen LogP contribution in [0.2, 0.25) is 0 Å². The van der Waals surface area contributed by atoms with Crippen molar-refractivity contribution >= 4 is 0 Å². The first-order valence-corrected chi connectivity index (χ1v) is 6.14.